The molecule has 1 N–H and O–H groups in total. The van der Waals surface area contributed by atoms with E-state index in [1.54, 1.807) is 13.3 Å². The van der Waals surface area contributed by atoms with Crippen LogP contribution < -0.4 is 4.74 Å². The van der Waals surface area contributed by atoms with Gasteiger partial charge >= 0.3 is 5.97 Å². The highest BCUT2D eigenvalue weighted by Gasteiger charge is 2.24. The van der Waals surface area contributed by atoms with Crippen LogP contribution >= 0.6 is 0 Å². The highest BCUT2D eigenvalue weighted by molar-refractivity contribution is 5.94. The minimum Gasteiger partial charge on any atom is -0.497 e. The molecular weight excluding hydrogens is 242 g/mol. The number of fused-ring (bicyclic) bond motifs is 3. The Morgan fingerprint density at radius 2 is 2.11 bits per heavy atom. The van der Waals surface area contributed by atoms with Crippen molar-refractivity contribution in [1.29, 1.82) is 0 Å². The number of aromatic amines is 1. The van der Waals surface area contributed by atoms with Crippen LogP contribution in [0.3, 0.4) is 0 Å². The third-order valence-electron chi connectivity index (χ3n) is 3.62. The van der Waals surface area contributed by atoms with Crippen LogP contribution in [0.2, 0.25) is 0 Å². The molecule has 0 aliphatic heterocycles. The van der Waals surface area contributed by atoms with Gasteiger partial charge in [0.25, 0.3) is 0 Å². The van der Waals surface area contributed by atoms with Crippen molar-refractivity contribution < 1.29 is 14.3 Å². The lowest BCUT2D eigenvalue weighted by atomic mass is 9.88. The van der Waals surface area contributed by atoms with Crippen LogP contribution in [-0.4, -0.2) is 25.2 Å². The summed E-state index contributed by atoms with van der Waals surface area (Å²) >= 11 is 0. The summed E-state index contributed by atoms with van der Waals surface area (Å²) < 4.78 is 10.1. The number of esters is 1. The Bertz CT molecular complexity index is 643. The van der Waals surface area contributed by atoms with Gasteiger partial charge in [-0.25, -0.2) is 4.79 Å². The highest BCUT2D eigenvalue weighted by Crippen LogP contribution is 2.36. The van der Waals surface area contributed by atoms with Crippen molar-refractivity contribution in [3.8, 4) is 17.0 Å². The molecular formula is C15H15NO3. The number of methoxy groups -OCH3 is 2. The van der Waals surface area contributed by atoms with Crippen molar-refractivity contribution in [3.63, 3.8) is 0 Å². The molecule has 19 heavy (non-hydrogen) atoms. The topological polar surface area (TPSA) is 51.3 Å². The Morgan fingerprint density at radius 1 is 1.26 bits per heavy atom. The van der Waals surface area contributed by atoms with Gasteiger partial charge in [0.05, 0.1) is 19.8 Å². The molecule has 0 bridgehead atoms. The zero-order chi connectivity index (χ0) is 13.4. The number of aromatic nitrogens is 1. The summed E-state index contributed by atoms with van der Waals surface area (Å²) in [5.74, 6) is 0.532. The smallest absolute Gasteiger partial charge is 0.339 e. The molecule has 4 heteroatoms. The second-order valence-corrected chi connectivity index (χ2v) is 4.57. The Balaban J connectivity index is 2.14. The minimum atomic E-state index is -0.288. The second kappa shape index (κ2) is 4.46. The number of carbonyl (C=O) groups excluding carboxylic acids is 1. The number of hydrogen-bond donors (Lipinski definition) is 1. The van der Waals surface area contributed by atoms with E-state index in [4.69, 9.17) is 9.47 Å². The number of aryl methyl sites for hydroxylation is 1. The van der Waals surface area contributed by atoms with Crippen LogP contribution in [0.15, 0.2) is 24.4 Å². The number of H-pyrrole nitrogens is 1. The molecule has 1 aliphatic carbocycles. The molecule has 1 aromatic carbocycles. The first-order valence-electron chi connectivity index (χ1n) is 6.20. The molecule has 0 fully saturated rings. The Morgan fingerprint density at radius 3 is 2.84 bits per heavy atom. The number of carbonyl (C=O) groups is 1. The van der Waals surface area contributed by atoms with Gasteiger partial charge in [-0.15, -0.1) is 0 Å². The summed E-state index contributed by atoms with van der Waals surface area (Å²) in [4.78, 5) is 14.9. The lowest BCUT2D eigenvalue weighted by Crippen LogP contribution is -2.08. The van der Waals surface area contributed by atoms with Gasteiger partial charge in [0.15, 0.2) is 0 Å². The second-order valence-electron chi connectivity index (χ2n) is 4.57. The molecule has 2 aromatic rings. The standard InChI is InChI=1S/C15H15NO3/c1-18-10-5-3-9-4-6-11-13(15(17)19-2)8-16-14(11)12(9)7-10/h3,5,7-8,16H,4,6H2,1-2H3. The van der Waals surface area contributed by atoms with E-state index in [0.717, 1.165) is 35.4 Å². The lowest BCUT2D eigenvalue weighted by molar-refractivity contribution is 0.0600. The fourth-order valence-corrected chi connectivity index (χ4v) is 2.64. The predicted molar refractivity (Wildman–Crippen MR) is 71.5 cm³/mol. The van der Waals surface area contributed by atoms with Gasteiger partial charge < -0.3 is 14.5 Å². The van der Waals surface area contributed by atoms with Crippen molar-refractivity contribution in [1.82, 2.24) is 4.98 Å². The molecule has 0 amide bonds. The monoisotopic (exact) mass is 257 g/mol. The number of benzene rings is 1. The van der Waals surface area contributed by atoms with Gasteiger partial charge in [0, 0.05) is 17.5 Å². The van der Waals surface area contributed by atoms with Crippen LogP contribution in [0.5, 0.6) is 5.75 Å². The molecule has 4 nitrogen and oxygen atoms in total. The lowest BCUT2D eigenvalue weighted by Gasteiger charge is -2.18. The van der Waals surface area contributed by atoms with E-state index in [1.165, 1.54) is 12.7 Å². The summed E-state index contributed by atoms with van der Waals surface area (Å²) in [6.07, 6.45) is 3.50. The Labute approximate surface area is 111 Å². The molecule has 0 saturated heterocycles. The summed E-state index contributed by atoms with van der Waals surface area (Å²) in [5.41, 5.74) is 5.04. The molecule has 98 valence electrons. The third kappa shape index (κ3) is 1.80. The first kappa shape index (κ1) is 11.8. The molecule has 0 radical (unpaired) electrons. The number of rotatable bonds is 2. The molecule has 1 heterocycles. The fraction of sp³-hybridized carbons (Fsp3) is 0.267. The van der Waals surface area contributed by atoms with Crippen molar-refractivity contribution in [3.05, 3.63) is 41.1 Å². The van der Waals surface area contributed by atoms with E-state index < -0.39 is 0 Å². The van der Waals surface area contributed by atoms with Gasteiger partial charge in [-0.1, -0.05) is 6.07 Å². The first-order chi connectivity index (χ1) is 9.24. The van der Waals surface area contributed by atoms with E-state index in [1.807, 2.05) is 12.1 Å². The van der Waals surface area contributed by atoms with Gasteiger partial charge in [0.1, 0.15) is 5.75 Å². The van der Waals surface area contributed by atoms with E-state index in [2.05, 4.69) is 11.1 Å². The first-order valence-corrected chi connectivity index (χ1v) is 6.20. The van der Waals surface area contributed by atoms with E-state index in [0.29, 0.717) is 5.56 Å². The van der Waals surface area contributed by atoms with Crippen molar-refractivity contribution >= 4 is 5.97 Å². The molecule has 3 rings (SSSR count). The molecule has 0 unspecified atom stereocenters. The van der Waals surface area contributed by atoms with Crippen molar-refractivity contribution in [2.24, 2.45) is 0 Å². The quantitative estimate of drug-likeness (QED) is 0.841. The fourth-order valence-electron chi connectivity index (χ4n) is 2.64. The van der Waals surface area contributed by atoms with Gasteiger partial charge in [-0.05, 0) is 36.1 Å². The molecule has 1 aromatic heterocycles. The summed E-state index contributed by atoms with van der Waals surface area (Å²) in [5, 5.41) is 0. The summed E-state index contributed by atoms with van der Waals surface area (Å²) in [6, 6.07) is 6.05. The maximum Gasteiger partial charge on any atom is 0.339 e. The summed E-state index contributed by atoms with van der Waals surface area (Å²) in [6.45, 7) is 0. The number of ether oxygens (including phenoxy) is 2. The van der Waals surface area contributed by atoms with Crippen LogP contribution in [0.25, 0.3) is 11.3 Å². The van der Waals surface area contributed by atoms with E-state index >= 15 is 0 Å². The summed E-state index contributed by atoms with van der Waals surface area (Å²) in [7, 11) is 3.06. The maximum absolute atomic E-state index is 11.7. The van der Waals surface area contributed by atoms with E-state index in [9.17, 15) is 4.79 Å². The Hall–Kier alpha value is -2.23. The number of nitrogens with one attached hydrogen (secondary N) is 1. The SMILES string of the molecule is COC(=O)c1c[nH]c2c1CCc1ccc(OC)cc1-2. The van der Waals surface area contributed by atoms with Gasteiger partial charge in [-0.3, -0.25) is 0 Å². The molecule has 0 spiro atoms. The zero-order valence-electron chi connectivity index (χ0n) is 10.9. The van der Waals surface area contributed by atoms with Crippen LogP contribution in [0.4, 0.5) is 0 Å². The Kier molecular flexibility index (Phi) is 2.78. The number of hydrogen-bond acceptors (Lipinski definition) is 3. The molecule has 0 saturated carbocycles. The average molecular weight is 257 g/mol. The maximum atomic E-state index is 11.7. The van der Waals surface area contributed by atoms with Crippen LogP contribution in [0, 0.1) is 0 Å². The highest BCUT2D eigenvalue weighted by atomic mass is 16.5. The van der Waals surface area contributed by atoms with Crippen molar-refractivity contribution in [2.75, 3.05) is 14.2 Å². The largest absolute Gasteiger partial charge is 0.497 e. The normalized spacial score (nSPS) is 12.5. The van der Waals surface area contributed by atoms with E-state index in [-0.39, 0.29) is 5.97 Å². The van der Waals surface area contributed by atoms with Crippen molar-refractivity contribution in [2.45, 2.75) is 12.8 Å². The van der Waals surface area contributed by atoms with Gasteiger partial charge in [-0.2, -0.15) is 0 Å². The average Bonchev–Trinajstić information content (AvgIpc) is 2.90. The molecule has 1 aliphatic rings. The zero-order valence-corrected chi connectivity index (χ0v) is 10.9. The van der Waals surface area contributed by atoms with Crippen LogP contribution in [-0.2, 0) is 17.6 Å². The predicted octanol–water partition coefficient (Wildman–Crippen LogP) is 2.58. The van der Waals surface area contributed by atoms with Crippen LogP contribution in [0.1, 0.15) is 21.5 Å². The minimum absolute atomic E-state index is 0.288. The van der Waals surface area contributed by atoms with Gasteiger partial charge in [0.2, 0.25) is 0 Å². The molecule has 0 atom stereocenters. The third-order valence-corrected chi connectivity index (χ3v) is 3.62.